The highest BCUT2D eigenvalue weighted by atomic mass is 16.4. The summed E-state index contributed by atoms with van der Waals surface area (Å²) in [5.41, 5.74) is 2.04. The van der Waals surface area contributed by atoms with Crippen LogP contribution in [0, 0.1) is 11.8 Å². The molecule has 150 valence electrons. The van der Waals surface area contributed by atoms with Gasteiger partial charge in [-0.25, -0.2) is 4.79 Å². The van der Waals surface area contributed by atoms with Gasteiger partial charge in [0.2, 0.25) is 11.8 Å². The zero-order valence-electron chi connectivity index (χ0n) is 16.2. The number of piperidine rings is 1. The van der Waals surface area contributed by atoms with Gasteiger partial charge < -0.3 is 14.9 Å². The summed E-state index contributed by atoms with van der Waals surface area (Å²) in [5, 5.41) is 9.67. The number of amides is 2. The van der Waals surface area contributed by atoms with Gasteiger partial charge in [0.15, 0.2) is 0 Å². The average Bonchev–Trinajstić information content (AvgIpc) is 3.26. The van der Waals surface area contributed by atoms with Crippen molar-refractivity contribution in [2.24, 2.45) is 11.8 Å². The lowest BCUT2D eigenvalue weighted by molar-refractivity contribution is -0.154. The number of carbonyl (C=O) groups is 3. The van der Waals surface area contributed by atoms with Gasteiger partial charge >= 0.3 is 5.97 Å². The van der Waals surface area contributed by atoms with Crippen LogP contribution in [0.5, 0.6) is 0 Å². The van der Waals surface area contributed by atoms with Gasteiger partial charge in [0, 0.05) is 37.9 Å². The van der Waals surface area contributed by atoms with E-state index in [-0.39, 0.29) is 23.7 Å². The fourth-order valence-corrected chi connectivity index (χ4v) is 4.99. The number of likely N-dealkylation sites (tertiary alicyclic amines) is 1. The number of carboxylic acid groups (broad SMARTS) is 1. The highest BCUT2D eigenvalue weighted by Gasteiger charge is 2.39. The third-order valence-corrected chi connectivity index (χ3v) is 6.68. The molecule has 1 saturated heterocycles. The summed E-state index contributed by atoms with van der Waals surface area (Å²) in [4.78, 5) is 41.0. The lowest BCUT2D eigenvalue weighted by atomic mass is 9.89. The largest absolute Gasteiger partial charge is 0.480 e. The van der Waals surface area contributed by atoms with Crippen molar-refractivity contribution in [1.82, 2.24) is 9.80 Å². The van der Waals surface area contributed by atoms with E-state index in [4.69, 9.17) is 0 Å². The van der Waals surface area contributed by atoms with E-state index in [1.54, 1.807) is 4.90 Å². The van der Waals surface area contributed by atoms with Crippen molar-refractivity contribution in [3.8, 4) is 0 Å². The number of fused-ring (bicyclic) bond motifs is 1. The summed E-state index contributed by atoms with van der Waals surface area (Å²) in [7, 11) is 0. The summed E-state index contributed by atoms with van der Waals surface area (Å²) in [6.45, 7) is 1.56. The summed E-state index contributed by atoms with van der Waals surface area (Å²) >= 11 is 0. The molecule has 0 spiro atoms. The van der Waals surface area contributed by atoms with Crippen LogP contribution in [0.4, 0.5) is 0 Å². The molecule has 1 atom stereocenters. The Labute approximate surface area is 165 Å². The predicted molar refractivity (Wildman–Crippen MR) is 103 cm³/mol. The van der Waals surface area contributed by atoms with Crippen LogP contribution in [0.3, 0.4) is 0 Å². The molecular formula is C22H28N2O4. The molecule has 1 N–H and O–H groups in total. The van der Waals surface area contributed by atoms with Gasteiger partial charge in [-0.3, -0.25) is 9.59 Å². The SMILES string of the molecule is O=C(O)[C@@H]1Cc2ccccc2CN1C(=O)C1CCN(C(=O)C2CCCC2)CC1. The number of nitrogens with zero attached hydrogens (tertiary/aromatic N) is 2. The summed E-state index contributed by atoms with van der Waals surface area (Å²) in [6.07, 6.45) is 5.87. The molecule has 0 radical (unpaired) electrons. The zero-order valence-corrected chi connectivity index (χ0v) is 16.2. The van der Waals surface area contributed by atoms with E-state index in [1.807, 2.05) is 29.2 Å². The zero-order chi connectivity index (χ0) is 19.7. The van der Waals surface area contributed by atoms with Crippen molar-refractivity contribution in [2.75, 3.05) is 13.1 Å². The monoisotopic (exact) mass is 384 g/mol. The normalized spacial score (nSPS) is 23.5. The maximum Gasteiger partial charge on any atom is 0.326 e. The smallest absolute Gasteiger partial charge is 0.326 e. The highest BCUT2D eigenvalue weighted by molar-refractivity contribution is 5.86. The van der Waals surface area contributed by atoms with Gasteiger partial charge in [-0.15, -0.1) is 0 Å². The van der Waals surface area contributed by atoms with Gasteiger partial charge in [-0.1, -0.05) is 37.1 Å². The quantitative estimate of drug-likeness (QED) is 0.868. The lowest BCUT2D eigenvalue weighted by Gasteiger charge is -2.39. The maximum absolute atomic E-state index is 13.2. The lowest BCUT2D eigenvalue weighted by Crippen LogP contribution is -2.52. The number of hydrogen-bond acceptors (Lipinski definition) is 3. The molecule has 1 saturated carbocycles. The summed E-state index contributed by atoms with van der Waals surface area (Å²) in [5.74, 6) is -0.799. The molecule has 0 unspecified atom stereocenters. The Morgan fingerprint density at radius 3 is 2.11 bits per heavy atom. The molecule has 2 heterocycles. The number of benzene rings is 1. The number of hydrogen-bond donors (Lipinski definition) is 1. The van der Waals surface area contributed by atoms with Crippen molar-refractivity contribution in [1.29, 1.82) is 0 Å². The second kappa shape index (κ2) is 7.94. The van der Waals surface area contributed by atoms with Crippen LogP contribution in [0.1, 0.15) is 49.7 Å². The second-order valence-electron chi connectivity index (χ2n) is 8.37. The summed E-state index contributed by atoms with van der Waals surface area (Å²) < 4.78 is 0. The fraction of sp³-hybridized carbons (Fsp3) is 0.591. The topological polar surface area (TPSA) is 77.9 Å². The molecule has 0 aromatic heterocycles. The minimum Gasteiger partial charge on any atom is -0.480 e. The molecule has 1 aliphatic carbocycles. The van der Waals surface area contributed by atoms with Gasteiger partial charge in [0.05, 0.1) is 0 Å². The van der Waals surface area contributed by atoms with Crippen molar-refractivity contribution in [3.63, 3.8) is 0 Å². The number of rotatable bonds is 3. The average molecular weight is 384 g/mol. The Kier molecular flexibility index (Phi) is 5.38. The molecule has 6 heteroatoms. The first-order chi connectivity index (χ1) is 13.5. The van der Waals surface area contributed by atoms with Gasteiger partial charge in [0.1, 0.15) is 6.04 Å². The number of carboxylic acids is 1. The number of aliphatic carboxylic acids is 1. The Morgan fingerprint density at radius 2 is 1.46 bits per heavy atom. The van der Waals surface area contributed by atoms with Crippen LogP contribution < -0.4 is 0 Å². The Balaban J connectivity index is 1.41. The standard InChI is InChI=1S/C22H28N2O4/c25-20(15-5-1-2-6-15)23-11-9-16(10-12-23)21(26)24-14-18-8-4-3-7-17(18)13-19(24)22(27)28/h3-4,7-8,15-16,19H,1-2,5-6,9-14H2,(H,27,28)/t19-/m0/s1. The summed E-state index contributed by atoms with van der Waals surface area (Å²) in [6, 6.07) is 6.94. The van der Waals surface area contributed by atoms with E-state index in [0.717, 1.165) is 36.8 Å². The predicted octanol–water partition coefficient (Wildman–Crippen LogP) is 2.45. The van der Waals surface area contributed by atoms with Crippen molar-refractivity contribution in [2.45, 2.75) is 57.5 Å². The highest BCUT2D eigenvalue weighted by Crippen LogP contribution is 2.31. The van der Waals surface area contributed by atoms with Crippen LogP contribution in [0.25, 0.3) is 0 Å². The van der Waals surface area contributed by atoms with E-state index in [0.29, 0.717) is 38.9 Å². The molecule has 0 bridgehead atoms. The Bertz CT molecular complexity index is 764. The van der Waals surface area contributed by atoms with Crippen LogP contribution >= 0.6 is 0 Å². The van der Waals surface area contributed by atoms with E-state index < -0.39 is 12.0 Å². The van der Waals surface area contributed by atoms with E-state index >= 15 is 0 Å². The molecule has 6 nitrogen and oxygen atoms in total. The third-order valence-electron chi connectivity index (χ3n) is 6.68. The van der Waals surface area contributed by atoms with Crippen LogP contribution in [0.15, 0.2) is 24.3 Å². The van der Waals surface area contributed by atoms with Gasteiger partial charge in [0.25, 0.3) is 0 Å². The van der Waals surface area contributed by atoms with E-state index in [2.05, 4.69) is 0 Å². The van der Waals surface area contributed by atoms with Crippen LogP contribution in [-0.4, -0.2) is 51.8 Å². The maximum atomic E-state index is 13.2. The molecule has 4 rings (SSSR count). The first kappa shape index (κ1) is 19.0. The fourth-order valence-electron chi connectivity index (χ4n) is 4.99. The minimum absolute atomic E-state index is 0.0742. The Hall–Kier alpha value is -2.37. The third kappa shape index (κ3) is 3.64. The number of carbonyl (C=O) groups excluding carboxylic acids is 2. The molecule has 1 aromatic rings. The van der Waals surface area contributed by atoms with Crippen LogP contribution in [-0.2, 0) is 27.3 Å². The molecule has 28 heavy (non-hydrogen) atoms. The van der Waals surface area contributed by atoms with Crippen LogP contribution in [0.2, 0.25) is 0 Å². The van der Waals surface area contributed by atoms with Crippen molar-refractivity contribution in [3.05, 3.63) is 35.4 Å². The van der Waals surface area contributed by atoms with Gasteiger partial charge in [-0.05, 0) is 36.8 Å². The van der Waals surface area contributed by atoms with E-state index in [1.165, 1.54) is 0 Å². The Morgan fingerprint density at radius 1 is 0.857 bits per heavy atom. The minimum atomic E-state index is -0.947. The van der Waals surface area contributed by atoms with E-state index in [9.17, 15) is 19.5 Å². The molecule has 2 fully saturated rings. The first-order valence-corrected chi connectivity index (χ1v) is 10.4. The molecule has 3 aliphatic rings. The molecular weight excluding hydrogens is 356 g/mol. The first-order valence-electron chi connectivity index (χ1n) is 10.4. The van der Waals surface area contributed by atoms with Gasteiger partial charge in [-0.2, -0.15) is 0 Å². The molecule has 1 aromatic carbocycles. The van der Waals surface area contributed by atoms with Crippen molar-refractivity contribution < 1.29 is 19.5 Å². The van der Waals surface area contributed by atoms with Crippen molar-refractivity contribution >= 4 is 17.8 Å². The molecule has 2 aliphatic heterocycles. The molecule has 2 amide bonds. The second-order valence-corrected chi connectivity index (χ2v) is 8.37.